The van der Waals surface area contributed by atoms with Crippen molar-refractivity contribution in [1.29, 1.82) is 0 Å². The molecule has 1 aromatic carbocycles. The number of fused-ring (bicyclic) bond motifs is 1. The lowest BCUT2D eigenvalue weighted by Gasteiger charge is -2.33. The normalized spacial score (nSPS) is 23.1. The third-order valence-corrected chi connectivity index (χ3v) is 5.85. The molecule has 0 unspecified atom stereocenters. The molecule has 0 aliphatic carbocycles. The largest absolute Gasteiger partial charge is 0.454 e. The smallest absolute Gasteiger partial charge is 0.236 e. The summed E-state index contributed by atoms with van der Waals surface area (Å²) in [5.74, 6) is 1.63. The SMILES string of the molecule is O=C(c1ccc2c(c1)OCO2)[C@@H]1CCCN(CC(=O)N2CCCCCC2)C1. The molecular formula is C21H28N2O4. The van der Waals surface area contributed by atoms with E-state index in [2.05, 4.69) is 4.90 Å². The average molecular weight is 372 g/mol. The highest BCUT2D eigenvalue weighted by Crippen LogP contribution is 2.33. The number of nitrogens with zero attached hydrogens (tertiary/aromatic N) is 2. The minimum absolute atomic E-state index is 0.0592. The third-order valence-electron chi connectivity index (χ3n) is 5.85. The first-order chi connectivity index (χ1) is 13.2. The van der Waals surface area contributed by atoms with Crippen LogP contribution in [0.4, 0.5) is 0 Å². The number of piperidine rings is 1. The second-order valence-corrected chi connectivity index (χ2v) is 7.80. The van der Waals surface area contributed by atoms with Gasteiger partial charge in [-0.1, -0.05) is 12.8 Å². The molecule has 4 rings (SSSR count). The Kier molecular flexibility index (Phi) is 5.62. The fourth-order valence-corrected chi connectivity index (χ4v) is 4.31. The quantitative estimate of drug-likeness (QED) is 0.761. The van der Waals surface area contributed by atoms with Crippen LogP contribution in [0.5, 0.6) is 11.5 Å². The molecule has 1 atom stereocenters. The van der Waals surface area contributed by atoms with E-state index < -0.39 is 0 Å². The summed E-state index contributed by atoms with van der Waals surface area (Å²) >= 11 is 0. The summed E-state index contributed by atoms with van der Waals surface area (Å²) < 4.78 is 10.7. The van der Waals surface area contributed by atoms with Gasteiger partial charge in [-0.25, -0.2) is 0 Å². The summed E-state index contributed by atoms with van der Waals surface area (Å²) in [5, 5.41) is 0. The Hall–Kier alpha value is -2.08. The van der Waals surface area contributed by atoms with E-state index in [1.807, 2.05) is 11.0 Å². The minimum atomic E-state index is -0.0592. The Morgan fingerprint density at radius 3 is 2.56 bits per heavy atom. The van der Waals surface area contributed by atoms with E-state index in [1.54, 1.807) is 12.1 Å². The van der Waals surface area contributed by atoms with E-state index in [1.165, 1.54) is 12.8 Å². The molecule has 0 aromatic heterocycles. The number of Topliss-reactive ketones (excluding diaryl/α,β-unsaturated/α-hetero) is 1. The average Bonchev–Trinajstić information content (AvgIpc) is 2.99. The van der Waals surface area contributed by atoms with Gasteiger partial charge >= 0.3 is 0 Å². The van der Waals surface area contributed by atoms with Gasteiger partial charge < -0.3 is 14.4 Å². The molecule has 1 aromatic rings. The number of ether oxygens (including phenoxy) is 2. The molecule has 0 bridgehead atoms. The molecule has 3 heterocycles. The van der Waals surface area contributed by atoms with Crippen molar-refractivity contribution in [2.24, 2.45) is 5.92 Å². The molecule has 0 N–H and O–H groups in total. The molecule has 146 valence electrons. The van der Waals surface area contributed by atoms with Gasteiger partial charge in [-0.05, 0) is 50.4 Å². The summed E-state index contributed by atoms with van der Waals surface area (Å²) in [5.41, 5.74) is 0.671. The summed E-state index contributed by atoms with van der Waals surface area (Å²) in [7, 11) is 0. The van der Waals surface area contributed by atoms with Crippen LogP contribution in [0.1, 0.15) is 48.9 Å². The highest BCUT2D eigenvalue weighted by atomic mass is 16.7. The van der Waals surface area contributed by atoms with Crippen molar-refractivity contribution in [3.63, 3.8) is 0 Å². The maximum atomic E-state index is 13.0. The maximum absolute atomic E-state index is 13.0. The number of likely N-dealkylation sites (tertiary alicyclic amines) is 2. The van der Waals surface area contributed by atoms with Crippen molar-refractivity contribution in [3.05, 3.63) is 23.8 Å². The van der Waals surface area contributed by atoms with Crippen molar-refractivity contribution in [1.82, 2.24) is 9.80 Å². The molecule has 1 amide bonds. The van der Waals surface area contributed by atoms with E-state index in [9.17, 15) is 9.59 Å². The molecule has 0 saturated carbocycles. The van der Waals surface area contributed by atoms with E-state index >= 15 is 0 Å². The zero-order valence-electron chi connectivity index (χ0n) is 15.8. The van der Waals surface area contributed by atoms with Crippen LogP contribution in [-0.2, 0) is 4.79 Å². The third kappa shape index (κ3) is 4.26. The van der Waals surface area contributed by atoms with Gasteiger partial charge in [0.2, 0.25) is 12.7 Å². The zero-order valence-corrected chi connectivity index (χ0v) is 15.8. The molecular weight excluding hydrogens is 344 g/mol. The molecule has 3 aliphatic heterocycles. The van der Waals surface area contributed by atoms with E-state index in [0.29, 0.717) is 30.2 Å². The lowest BCUT2D eigenvalue weighted by Crippen LogP contribution is -2.45. The summed E-state index contributed by atoms with van der Waals surface area (Å²) in [6.07, 6.45) is 6.49. The van der Waals surface area contributed by atoms with Gasteiger partial charge in [0.1, 0.15) is 0 Å². The van der Waals surface area contributed by atoms with Gasteiger partial charge in [0, 0.05) is 31.1 Å². The Labute approximate surface area is 160 Å². The molecule has 27 heavy (non-hydrogen) atoms. The highest BCUT2D eigenvalue weighted by Gasteiger charge is 2.29. The van der Waals surface area contributed by atoms with Crippen molar-refractivity contribution in [2.75, 3.05) is 39.5 Å². The number of ketones is 1. The predicted octanol–water partition coefficient (Wildman–Crippen LogP) is 2.71. The lowest BCUT2D eigenvalue weighted by molar-refractivity contribution is -0.132. The Morgan fingerprint density at radius 2 is 1.74 bits per heavy atom. The number of amides is 1. The maximum Gasteiger partial charge on any atom is 0.236 e. The topological polar surface area (TPSA) is 59.1 Å². The first-order valence-corrected chi connectivity index (χ1v) is 10.1. The number of benzene rings is 1. The van der Waals surface area contributed by atoms with Crippen LogP contribution in [0.15, 0.2) is 18.2 Å². The van der Waals surface area contributed by atoms with Crippen molar-refractivity contribution in [2.45, 2.75) is 38.5 Å². The molecule has 0 radical (unpaired) electrons. The standard InChI is InChI=1S/C21H28N2O4/c24-20(23-10-3-1-2-4-11-23)14-22-9-5-6-17(13-22)21(25)16-7-8-18-19(12-16)27-15-26-18/h7-8,12,17H,1-6,9-11,13-15H2/t17-/m1/s1. The minimum Gasteiger partial charge on any atom is -0.454 e. The van der Waals surface area contributed by atoms with Crippen molar-refractivity contribution >= 4 is 11.7 Å². The van der Waals surface area contributed by atoms with Gasteiger partial charge in [-0.2, -0.15) is 0 Å². The Balaban J connectivity index is 1.36. The van der Waals surface area contributed by atoms with Gasteiger partial charge in [-0.3, -0.25) is 14.5 Å². The highest BCUT2D eigenvalue weighted by molar-refractivity contribution is 5.98. The molecule has 6 heteroatoms. The van der Waals surface area contributed by atoms with Crippen LogP contribution < -0.4 is 9.47 Å². The van der Waals surface area contributed by atoms with Crippen molar-refractivity contribution < 1.29 is 19.1 Å². The number of carbonyl (C=O) groups excluding carboxylic acids is 2. The van der Waals surface area contributed by atoms with Crippen LogP contribution in [-0.4, -0.2) is 61.0 Å². The monoisotopic (exact) mass is 372 g/mol. The fraction of sp³-hybridized carbons (Fsp3) is 0.619. The van der Waals surface area contributed by atoms with Crippen LogP contribution in [0.2, 0.25) is 0 Å². The second-order valence-electron chi connectivity index (χ2n) is 7.80. The van der Waals surface area contributed by atoms with Crippen LogP contribution >= 0.6 is 0 Å². The van der Waals surface area contributed by atoms with E-state index in [0.717, 1.165) is 45.3 Å². The van der Waals surface area contributed by atoms with Crippen LogP contribution in [0.3, 0.4) is 0 Å². The number of hydrogen-bond donors (Lipinski definition) is 0. The first-order valence-electron chi connectivity index (χ1n) is 10.1. The summed E-state index contributed by atoms with van der Waals surface area (Å²) in [6.45, 7) is 3.96. The van der Waals surface area contributed by atoms with Gasteiger partial charge in [0.25, 0.3) is 0 Å². The lowest BCUT2D eigenvalue weighted by atomic mass is 9.90. The van der Waals surface area contributed by atoms with Crippen LogP contribution in [0, 0.1) is 5.92 Å². The number of hydrogen-bond acceptors (Lipinski definition) is 5. The Bertz CT molecular complexity index is 697. The fourth-order valence-electron chi connectivity index (χ4n) is 4.31. The second kappa shape index (κ2) is 8.30. The molecule has 2 saturated heterocycles. The molecule has 3 aliphatic rings. The zero-order chi connectivity index (χ0) is 18.6. The molecule has 0 spiro atoms. The Morgan fingerprint density at radius 1 is 0.963 bits per heavy atom. The van der Waals surface area contributed by atoms with Crippen LogP contribution in [0.25, 0.3) is 0 Å². The van der Waals surface area contributed by atoms with Crippen molar-refractivity contribution in [3.8, 4) is 11.5 Å². The number of carbonyl (C=O) groups is 2. The molecule has 2 fully saturated rings. The predicted molar refractivity (Wildman–Crippen MR) is 101 cm³/mol. The number of rotatable bonds is 4. The van der Waals surface area contributed by atoms with E-state index in [4.69, 9.17) is 9.47 Å². The van der Waals surface area contributed by atoms with Gasteiger partial charge in [0.05, 0.1) is 6.54 Å². The first kappa shape index (κ1) is 18.3. The summed E-state index contributed by atoms with van der Waals surface area (Å²) in [6, 6.07) is 5.40. The van der Waals surface area contributed by atoms with Gasteiger partial charge in [0.15, 0.2) is 17.3 Å². The molecule has 6 nitrogen and oxygen atoms in total. The van der Waals surface area contributed by atoms with Gasteiger partial charge in [-0.15, -0.1) is 0 Å². The van der Waals surface area contributed by atoms with E-state index in [-0.39, 0.29) is 24.4 Å². The summed E-state index contributed by atoms with van der Waals surface area (Å²) in [4.78, 5) is 29.8.